The fraction of sp³-hybridized carbons (Fsp3) is 0.333. The molecule has 138 valence electrons. The molecule has 1 aliphatic heterocycles. The second-order valence-corrected chi connectivity index (χ2v) is 7.68. The van der Waals surface area contributed by atoms with E-state index in [-0.39, 0.29) is 17.6 Å². The molecule has 1 saturated carbocycles. The first kappa shape index (κ1) is 16.4. The number of imidazole rings is 1. The molecule has 2 aliphatic rings. The number of carbonyl (C=O) groups is 1. The van der Waals surface area contributed by atoms with E-state index in [0.29, 0.717) is 17.7 Å². The van der Waals surface area contributed by atoms with Crippen molar-refractivity contribution in [3.05, 3.63) is 48.3 Å². The third kappa shape index (κ3) is 3.10. The molecule has 0 radical (unpaired) electrons. The molecular weight excluding hydrogens is 343 g/mol. The maximum atomic E-state index is 13.1. The highest BCUT2D eigenvalue weighted by Crippen LogP contribution is 2.39. The molecule has 2 heterocycles. The summed E-state index contributed by atoms with van der Waals surface area (Å²) in [5.74, 6) is 1.70. The summed E-state index contributed by atoms with van der Waals surface area (Å²) in [6, 6.07) is 11.9. The minimum atomic E-state index is -0.272. The third-order valence-corrected chi connectivity index (χ3v) is 5.84. The van der Waals surface area contributed by atoms with Gasteiger partial charge in [-0.3, -0.25) is 4.79 Å². The van der Waals surface area contributed by atoms with Crippen LogP contribution in [0.1, 0.15) is 12.8 Å². The number of benzene rings is 2. The predicted molar refractivity (Wildman–Crippen MR) is 103 cm³/mol. The van der Waals surface area contributed by atoms with E-state index in [2.05, 4.69) is 20.6 Å². The summed E-state index contributed by atoms with van der Waals surface area (Å²) >= 11 is 0. The molecule has 2 bridgehead atoms. The summed E-state index contributed by atoms with van der Waals surface area (Å²) in [5, 5.41) is 6.51. The molecule has 3 N–H and O–H groups in total. The van der Waals surface area contributed by atoms with Gasteiger partial charge in [0.25, 0.3) is 0 Å². The van der Waals surface area contributed by atoms with Gasteiger partial charge in [-0.05, 0) is 80.2 Å². The molecular formula is C21H21FN4O. The van der Waals surface area contributed by atoms with E-state index in [0.717, 1.165) is 48.2 Å². The van der Waals surface area contributed by atoms with Crippen LogP contribution in [-0.2, 0) is 4.79 Å². The number of rotatable bonds is 3. The number of anilines is 1. The average molecular weight is 364 g/mol. The van der Waals surface area contributed by atoms with Crippen molar-refractivity contribution in [2.24, 2.45) is 17.8 Å². The lowest BCUT2D eigenvalue weighted by atomic mass is 9.94. The Hall–Kier alpha value is -2.73. The number of aromatic nitrogens is 2. The maximum Gasteiger partial charge on any atom is 0.227 e. The van der Waals surface area contributed by atoms with Gasteiger partial charge in [0.1, 0.15) is 11.6 Å². The zero-order chi connectivity index (χ0) is 18.4. The first-order valence-corrected chi connectivity index (χ1v) is 9.43. The van der Waals surface area contributed by atoms with Crippen molar-refractivity contribution in [1.29, 1.82) is 0 Å². The second-order valence-electron chi connectivity index (χ2n) is 7.68. The molecule has 5 nitrogen and oxygen atoms in total. The van der Waals surface area contributed by atoms with E-state index in [1.807, 2.05) is 18.2 Å². The summed E-state index contributed by atoms with van der Waals surface area (Å²) < 4.78 is 13.1. The third-order valence-electron chi connectivity index (χ3n) is 5.84. The molecule has 5 rings (SSSR count). The van der Waals surface area contributed by atoms with Gasteiger partial charge in [-0.2, -0.15) is 0 Å². The largest absolute Gasteiger partial charge is 0.338 e. The van der Waals surface area contributed by atoms with Gasteiger partial charge >= 0.3 is 0 Å². The number of nitrogens with zero attached hydrogens (tertiary/aromatic N) is 1. The van der Waals surface area contributed by atoms with Crippen LogP contribution in [0.25, 0.3) is 22.4 Å². The Morgan fingerprint density at radius 2 is 1.96 bits per heavy atom. The Bertz CT molecular complexity index is 997. The first-order chi connectivity index (χ1) is 13.2. The SMILES string of the molecule is O=C(Nc1ccc2nc(-c3ccc(F)cc3)[nH]c2c1)C1CC2CNCC1C2. The number of fused-ring (bicyclic) bond motifs is 3. The zero-order valence-corrected chi connectivity index (χ0v) is 14.8. The van der Waals surface area contributed by atoms with Gasteiger partial charge in [0.2, 0.25) is 5.91 Å². The fourth-order valence-electron chi connectivity index (χ4n) is 4.49. The molecule has 1 aliphatic carbocycles. The van der Waals surface area contributed by atoms with Crippen LogP contribution in [0.3, 0.4) is 0 Å². The molecule has 0 spiro atoms. The minimum absolute atomic E-state index is 0.0947. The molecule has 1 amide bonds. The van der Waals surface area contributed by atoms with Gasteiger partial charge in [0.15, 0.2) is 0 Å². The van der Waals surface area contributed by atoms with Gasteiger partial charge < -0.3 is 15.6 Å². The number of carbonyl (C=O) groups excluding carboxylic acids is 1. The average Bonchev–Trinajstić information content (AvgIpc) is 3.22. The fourth-order valence-corrected chi connectivity index (χ4v) is 4.49. The highest BCUT2D eigenvalue weighted by atomic mass is 19.1. The molecule has 2 aromatic carbocycles. The number of piperidine rings is 1. The summed E-state index contributed by atoms with van der Waals surface area (Å²) in [6.07, 6.45) is 2.14. The number of halogens is 1. The van der Waals surface area contributed by atoms with Crippen molar-refractivity contribution in [3.63, 3.8) is 0 Å². The zero-order valence-electron chi connectivity index (χ0n) is 14.8. The summed E-state index contributed by atoms with van der Waals surface area (Å²) in [7, 11) is 0. The molecule has 3 aromatic rings. The molecule has 6 heteroatoms. The number of amides is 1. The Morgan fingerprint density at radius 3 is 2.78 bits per heavy atom. The van der Waals surface area contributed by atoms with Crippen LogP contribution in [0.2, 0.25) is 0 Å². The molecule has 1 saturated heterocycles. The van der Waals surface area contributed by atoms with Gasteiger partial charge in [-0.25, -0.2) is 9.37 Å². The van der Waals surface area contributed by atoms with E-state index >= 15 is 0 Å². The van der Waals surface area contributed by atoms with Crippen molar-refractivity contribution in [2.45, 2.75) is 12.8 Å². The van der Waals surface area contributed by atoms with Gasteiger partial charge in [0.05, 0.1) is 11.0 Å². The quantitative estimate of drug-likeness (QED) is 0.666. The van der Waals surface area contributed by atoms with Crippen LogP contribution >= 0.6 is 0 Å². The van der Waals surface area contributed by atoms with Crippen LogP contribution in [0, 0.1) is 23.6 Å². The smallest absolute Gasteiger partial charge is 0.227 e. The summed E-state index contributed by atoms with van der Waals surface area (Å²) in [4.78, 5) is 20.6. The highest BCUT2D eigenvalue weighted by molar-refractivity contribution is 5.95. The van der Waals surface area contributed by atoms with Gasteiger partial charge in [-0.1, -0.05) is 0 Å². The van der Waals surface area contributed by atoms with E-state index in [4.69, 9.17) is 0 Å². The number of nitrogens with one attached hydrogen (secondary N) is 3. The lowest BCUT2D eigenvalue weighted by Gasteiger charge is -2.21. The van der Waals surface area contributed by atoms with Crippen molar-refractivity contribution in [3.8, 4) is 11.4 Å². The maximum absolute atomic E-state index is 13.1. The van der Waals surface area contributed by atoms with E-state index < -0.39 is 0 Å². The topological polar surface area (TPSA) is 69.8 Å². The van der Waals surface area contributed by atoms with Crippen LogP contribution in [0.5, 0.6) is 0 Å². The van der Waals surface area contributed by atoms with Crippen molar-refractivity contribution < 1.29 is 9.18 Å². The van der Waals surface area contributed by atoms with E-state index in [9.17, 15) is 9.18 Å². The molecule has 3 unspecified atom stereocenters. The Labute approximate surface area is 156 Å². The van der Waals surface area contributed by atoms with E-state index in [1.165, 1.54) is 12.1 Å². The lowest BCUT2D eigenvalue weighted by Crippen LogP contribution is -2.34. The van der Waals surface area contributed by atoms with Gasteiger partial charge in [-0.15, -0.1) is 0 Å². The molecule has 1 aromatic heterocycles. The van der Waals surface area contributed by atoms with Crippen molar-refractivity contribution in [2.75, 3.05) is 18.4 Å². The highest BCUT2D eigenvalue weighted by Gasteiger charge is 2.40. The minimum Gasteiger partial charge on any atom is -0.338 e. The summed E-state index contributed by atoms with van der Waals surface area (Å²) in [5.41, 5.74) is 3.26. The first-order valence-electron chi connectivity index (χ1n) is 9.43. The normalized spacial score (nSPS) is 24.3. The second kappa shape index (κ2) is 6.46. The van der Waals surface area contributed by atoms with Gasteiger partial charge in [0, 0.05) is 17.2 Å². The molecule has 3 atom stereocenters. The summed E-state index contributed by atoms with van der Waals surface area (Å²) in [6.45, 7) is 1.97. The number of H-pyrrole nitrogens is 1. The predicted octanol–water partition coefficient (Wildman–Crippen LogP) is 3.55. The van der Waals surface area contributed by atoms with E-state index in [1.54, 1.807) is 12.1 Å². The Kier molecular flexibility index (Phi) is 3.93. The molecule has 27 heavy (non-hydrogen) atoms. The standard InChI is InChI=1S/C21H21FN4O/c22-15-3-1-13(2-4-15)20-25-18-6-5-16(9-19(18)26-20)24-21(27)17-8-12-7-14(17)11-23-10-12/h1-6,9,12,14,17,23H,7-8,10-11H2,(H,24,27)(H,25,26). The van der Waals surface area contributed by atoms with Crippen LogP contribution in [-0.4, -0.2) is 29.0 Å². The number of hydrogen-bond donors (Lipinski definition) is 3. The van der Waals surface area contributed by atoms with Crippen LogP contribution < -0.4 is 10.6 Å². The van der Waals surface area contributed by atoms with Crippen LogP contribution in [0.4, 0.5) is 10.1 Å². The monoisotopic (exact) mass is 364 g/mol. The van der Waals surface area contributed by atoms with Crippen LogP contribution in [0.15, 0.2) is 42.5 Å². The number of hydrogen-bond acceptors (Lipinski definition) is 3. The van der Waals surface area contributed by atoms with Crippen molar-refractivity contribution >= 4 is 22.6 Å². The molecule has 2 fully saturated rings. The number of aromatic amines is 1. The van der Waals surface area contributed by atoms with Crippen molar-refractivity contribution in [1.82, 2.24) is 15.3 Å². The Balaban J connectivity index is 1.36. The lowest BCUT2D eigenvalue weighted by molar-refractivity contribution is -0.120. The Morgan fingerprint density at radius 1 is 1.11 bits per heavy atom.